The summed E-state index contributed by atoms with van der Waals surface area (Å²) in [6.45, 7) is 0.697. The van der Waals surface area contributed by atoms with E-state index in [2.05, 4.69) is 37.5 Å². The quantitative estimate of drug-likeness (QED) is 0.764. The van der Waals surface area contributed by atoms with E-state index in [1.54, 1.807) is 6.20 Å². The molecular weight excluding hydrogens is 252 g/mol. The van der Waals surface area contributed by atoms with Gasteiger partial charge in [-0.25, -0.2) is 15.0 Å². The molecule has 0 spiro atoms. The smallest absolute Gasteiger partial charge is 0.226 e. The van der Waals surface area contributed by atoms with Crippen LogP contribution in [0.25, 0.3) is 0 Å². The van der Waals surface area contributed by atoms with Crippen molar-refractivity contribution >= 4 is 5.95 Å². The Labute approximate surface area is 116 Å². The Hall–Kier alpha value is -2.76. The number of hydrogen-bond donors (Lipinski definition) is 1. The first-order valence-corrected chi connectivity index (χ1v) is 6.33. The summed E-state index contributed by atoms with van der Waals surface area (Å²) in [6, 6.07) is 12.1. The fourth-order valence-electron chi connectivity index (χ4n) is 1.98. The fraction of sp³-hybridized carbons (Fsp3) is 0.143. The van der Waals surface area contributed by atoms with Gasteiger partial charge in [0.2, 0.25) is 5.95 Å². The summed E-state index contributed by atoms with van der Waals surface area (Å²) < 4.78 is 1.88. The van der Waals surface area contributed by atoms with Gasteiger partial charge in [-0.15, -0.1) is 0 Å². The van der Waals surface area contributed by atoms with Crippen molar-refractivity contribution in [2.75, 3.05) is 5.32 Å². The molecule has 20 heavy (non-hydrogen) atoms. The molecule has 0 aliphatic heterocycles. The first-order chi connectivity index (χ1) is 9.92. The highest BCUT2D eigenvalue weighted by Gasteiger charge is 2.13. The van der Waals surface area contributed by atoms with E-state index in [0.29, 0.717) is 12.5 Å². The predicted molar refractivity (Wildman–Crippen MR) is 74.9 cm³/mol. The van der Waals surface area contributed by atoms with Gasteiger partial charge in [0.15, 0.2) is 0 Å². The third kappa shape index (κ3) is 2.97. The highest BCUT2D eigenvalue weighted by Crippen LogP contribution is 2.18. The second-order valence-corrected chi connectivity index (χ2v) is 4.30. The zero-order chi connectivity index (χ0) is 13.6. The molecule has 0 bridgehead atoms. The van der Waals surface area contributed by atoms with Gasteiger partial charge in [-0.05, 0) is 11.6 Å². The van der Waals surface area contributed by atoms with Crippen LogP contribution in [0.5, 0.6) is 0 Å². The molecule has 0 saturated carbocycles. The first-order valence-electron chi connectivity index (χ1n) is 6.33. The van der Waals surface area contributed by atoms with E-state index in [9.17, 15) is 0 Å². The van der Waals surface area contributed by atoms with Crippen molar-refractivity contribution in [3.05, 3.63) is 67.0 Å². The minimum atomic E-state index is 0.0403. The molecule has 6 nitrogen and oxygen atoms in total. The minimum Gasteiger partial charge on any atom is -0.345 e. The number of nitrogens with zero attached hydrogens (tertiary/aromatic N) is 5. The zero-order valence-electron chi connectivity index (χ0n) is 10.8. The van der Waals surface area contributed by atoms with E-state index in [0.717, 1.165) is 5.56 Å². The summed E-state index contributed by atoms with van der Waals surface area (Å²) >= 11 is 0. The Morgan fingerprint density at radius 2 is 1.85 bits per heavy atom. The van der Waals surface area contributed by atoms with Gasteiger partial charge in [0.1, 0.15) is 12.7 Å². The average Bonchev–Trinajstić information content (AvgIpc) is 3.02. The molecule has 1 atom stereocenters. The zero-order valence-corrected chi connectivity index (χ0v) is 10.8. The molecule has 1 unspecified atom stereocenters. The molecule has 6 heteroatoms. The summed E-state index contributed by atoms with van der Waals surface area (Å²) in [5, 5.41) is 7.56. The van der Waals surface area contributed by atoms with Crippen LogP contribution in [0, 0.1) is 0 Å². The van der Waals surface area contributed by atoms with Crippen molar-refractivity contribution in [1.29, 1.82) is 0 Å². The van der Waals surface area contributed by atoms with Gasteiger partial charge < -0.3 is 5.32 Å². The molecule has 0 amide bonds. The molecule has 0 saturated heterocycles. The normalized spacial score (nSPS) is 12.0. The standard InChI is InChI=1S/C14H14N6/c1-2-5-12(6-3-1)13(9-20-8-4-7-18-20)19-14-16-10-15-11-17-14/h1-8,10-11,13H,9H2,(H,15,16,17,19). The number of benzene rings is 1. The van der Waals surface area contributed by atoms with Crippen molar-refractivity contribution in [2.24, 2.45) is 0 Å². The van der Waals surface area contributed by atoms with Crippen LogP contribution in [0.1, 0.15) is 11.6 Å². The molecule has 0 aliphatic rings. The van der Waals surface area contributed by atoms with Crippen molar-refractivity contribution in [2.45, 2.75) is 12.6 Å². The number of rotatable bonds is 5. The lowest BCUT2D eigenvalue weighted by atomic mass is 10.1. The topological polar surface area (TPSA) is 68.5 Å². The lowest BCUT2D eigenvalue weighted by Crippen LogP contribution is -2.19. The van der Waals surface area contributed by atoms with Gasteiger partial charge in [-0.3, -0.25) is 4.68 Å². The van der Waals surface area contributed by atoms with Crippen LogP contribution in [0.4, 0.5) is 5.95 Å². The highest BCUT2D eigenvalue weighted by atomic mass is 15.3. The van der Waals surface area contributed by atoms with Crippen LogP contribution in [0.2, 0.25) is 0 Å². The molecule has 3 aromatic rings. The first kappa shape index (κ1) is 12.3. The molecule has 0 radical (unpaired) electrons. The molecule has 0 aliphatic carbocycles. The molecule has 1 N–H and O–H groups in total. The Morgan fingerprint density at radius 3 is 2.55 bits per heavy atom. The van der Waals surface area contributed by atoms with E-state index in [4.69, 9.17) is 0 Å². The molecule has 2 heterocycles. The summed E-state index contributed by atoms with van der Waals surface area (Å²) in [4.78, 5) is 12.0. The lowest BCUT2D eigenvalue weighted by molar-refractivity contribution is 0.548. The van der Waals surface area contributed by atoms with Crippen LogP contribution < -0.4 is 5.32 Å². The second kappa shape index (κ2) is 5.92. The molecular formula is C14H14N6. The summed E-state index contributed by atoms with van der Waals surface area (Å²) in [6.07, 6.45) is 6.66. The predicted octanol–water partition coefficient (Wildman–Crippen LogP) is 1.92. The number of hydrogen-bond acceptors (Lipinski definition) is 5. The van der Waals surface area contributed by atoms with Crippen molar-refractivity contribution in [3.63, 3.8) is 0 Å². The van der Waals surface area contributed by atoms with Crippen molar-refractivity contribution in [1.82, 2.24) is 24.7 Å². The largest absolute Gasteiger partial charge is 0.345 e. The average molecular weight is 266 g/mol. The van der Waals surface area contributed by atoms with Gasteiger partial charge in [-0.1, -0.05) is 30.3 Å². The van der Waals surface area contributed by atoms with Crippen LogP contribution in [-0.4, -0.2) is 24.7 Å². The molecule has 3 rings (SSSR count). The Morgan fingerprint density at radius 1 is 1.05 bits per heavy atom. The maximum atomic E-state index is 4.25. The number of anilines is 1. The van der Waals surface area contributed by atoms with Gasteiger partial charge in [0.25, 0.3) is 0 Å². The summed E-state index contributed by atoms with van der Waals surface area (Å²) in [5.74, 6) is 0.556. The maximum Gasteiger partial charge on any atom is 0.226 e. The van der Waals surface area contributed by atoms with Crippen LogP contribution >= 0.6 is 0 Å². The van der Waals surface area contributed by atoms with E-state index in [-0.39, 0.29) is 6.04 Å². The van der Waals surface area contributed by atoms with Crippen molar-refractivity contribution < 1.29 is 0 Å². The van der Waals surface area contributed by atoms with Gasteiger partial charge in [-0.2, -0.15) is 5.10 Å². The second-order valence-electron chi connectivity index (χ2n) is 4.30. The Balaban J connectivity index is 1.83. The van der Waals surface area contributed by atoms with E-state index >= 15 is 0 Å². The van der Waals surface area contributed by atoms with Gasteiger partial charge in [0.05, 0.1) is 12.6 Å². The number of aromatic nitrogens is 5. The van der Waals surface area contributed by atoms with Crippen LogP contribution in [-0.2, 0) is 6.54 Å². The van der Waals surface area contributed by atoms with Crippen LogP contribution in [0.15, 0.2) is 61.4 Å². The monoisotopic (exact) mass is 266 g/mol. The maximum absolute atomic E-state index is 4.25. The lowest BCUT2D eigenvalue weighted by Gasteiger charge is -2.19. The summed E-state index contributed by atoms with van der Waals surface area (Å²) in [7, 11) is 0. The molecule has 0 fully saturated rings. The summed E-state index contributed by atoms with van der Waals surface area (Å²) in [5.41, 5.74) is 1.16. The number of nitrogens with one attached hydrogen (secondary N) is 1. The fourth-order valence-corrected chi connectivity index (χ4v) is 1.98. The third-order valence-electron chi connectivity index (χ3n) is 2.93. The third-order valence-corrected chi connectivity index (χ3v) is 2.93. The van der Waals surface area contributed by atoms with Gasteiger partial charge >= 0.3 is 0 Å². The SMILES string of the molecule is c1ccc(C(Cn2cccn2)Nc2ncncn2)cc1. The molecule has 100 valence electrons. The minimum absolute atomic E-state index is 0.0403. The van der Waals surface area contributed by atoms with E-state index < -0.39 is 0 Å². The highest BCUT2D eigenvalue weighted by molar-refractivity contribution is 5.30. The van der Waals surface area contributed by atoms with E-state index in [1.165, 1.54) is 12.7 Å². The molecule has 2 aromatic heterocycles. The van der Waals surface area contributed by atoms with Crippen molar-refractivity contribution in [3.8, 4) is 0 Å². The molecule has 1 aromatic carbocycles. The Kier molecular flexibility index (Phi) is 3.64. The van der Waals surface area contributed by atoms with Gasteiger partial charge in [0, 0.05) is 12.4 Å². The van der Waals surface area contributed by atoms with E-state index in [1.807, 2.05) is 35.1 Å². The van der Waals surface area contributed by atoms with Crippen LogP contribution in [0.3, 0.4) is 0 Å². The Bertz CT molecular complexity index is 623.